The summed E-state index contributed by atoms with van der Waals surface area (Å²) in [6.07, 6.45) is 2.88. The number of nitrogens with one attached hydrogen (secondary N) is 1. The molecule has 0 bridgehead atoms. The van der Waals surface area contributed by atoms with Gasteiger partial charge in [-0.05, 0) is 0 Å². The van der Waals surface area contributed by atoms with Crippen molar-refractivity contribution in [3.63, 3.8) is 0 Å². The Hall–Kier alpha value is -1.34. The zero-order chi connectivity index (χ0) is 12.8. The van der Waals surface area contributed by atoms with Gasteiger partial charge in [-0.3, -0.25) is 4.90 Å². The number of rotatable bonds is 5. The highest BCUT2D eigenvalue weighted by molar-refractivity contribution is 7.99. The maximum Gasteiger partial charge on any atom is 0.358 e. The van der Waals surface area contributed by atoms with Gasteiger partial charge in [-0.1, -0.05) is 0 Å². The number of aromatic carboxylic acids is 1. The van der Waals surface area contributed by atoms with E-state index in [9.17, 15) is 4.79 Å². The number of carboxylic acids is 1. The molecule has 1 fully saturated rings. The smallest absolute Gasteiger partial charge is 0.358 e. The Morgan fingerprint density at radius 2 is 2.11 bits per heavy atom. The maximum absolute atomic E-state index is 10.9. The first-order valence-corrected chi connectivity index (χ1v) is 7.01. The summed E-state index contributed by atoms with van der Waals surface area (Å²) in [5.74, 6) is 1.63. The molecule has 98 valence electrons. The number of anilines is 1. The Labute approximate surface area is 110 Å². The number of hydrogen-bond donors (Lipinski definition) is 2. The third-order valence-corrected chi connectivity index (χ3v) is 3.67. The van der Waals surface area contributed by atoms with Crippen molar-refractivity contribution in [2.24, 2.45) is 0 Å². The monoisotopic (exact) mass is 268 g/mol. The molecule has 1 aliphatic rings. The van der Waals surface area contributed by atoms with Crippen LogP contribution in [0.4, 0.5) is 5.82 Å². The van der Waals surface area contributed by atoms with Crippen molar-refractivity contribution in [2.75, 3.05) is 43.0 Å². The van der Waals surface area contributed by atoms with Crippen molar-refractivity contribution < 1.29 is 9.90 Å². The molecule has 0 unspecified atom stereocenters. The van der Waals surface area contributed by atoms with Crippen LogP contribution in [0.5, 0.6) is 0 Å². The van der Waals surface area contributed by atoms with Crippen LogP contribution in [0.15, 0.2) is 12.4 Å². The Balaban J connectivity index is 1.84. The largest absolute Gasteiger partial charge is 0.476 e. The second-order valence-electron chi connectivity index (χ2n) is 3.94. The van der Waals surface area contributed by atoms with E-state index in [2.05, 4.69) is 20.2 Å². The standard InChI is InChI=1S/C11H16N4O2S/c16-11(17)9-10(13-2-1-12-9)14-3-4-15-5-7-18-8-6-15/h1-2H,3-8H2,(H,13,14)(H,16,17). The number of nitrogens with zero attached hydrogens (tertiary/aromatic N) is 3. The highest BCUT2D eigenvalue weighted by atomic mass is 32.2. The molecular formula is C11H16N4O2S. The Morgan fingerprint density at radius 1 is 1.39 bits per heavy atom. The number of carboxylic acid groups (broad SMARTS) is 1. The van der Waals surface area contributed by atoms with Gasteiger partial charge in [-0.25, -0.2) is 14.8 Å². The van der Waals surface area contributed by atoms with Gasteiger partial charge in [0.2, 0.25) is 0 Å². The topological polar surface area (TPSA) is 78.3 Å². The summed E-state index contributed by atoms with van der Waals surface area (Å²) >= 11 is 1.97. The van der Waals surface area contributed by atoms with Crippen LogP contribution in [0.3, 0.4) is 0 Å². The number of thioether (sulfide) groups is 1. The lowest BCUT2D eigenvalue weighted by Crippen LogP contribution is -2.36. The highest BCUT2D eigenvalue weighted by Gasteiger charge is 2.13. The van der Waals surface area contributed by atoms with Crippen molar-refractivity contribution in [3.05, 3.63) is 18.1 Å². The number of hydrogen-bond acceptors (Lipinski definition) is 6. The summed E-state index contributed by atoms with van der Waals surface area (Å²) < 4.78 is 0. The minimum absolute atomic E-state index is 0.0216. The molecule has 2 rings (SSSR count). The molecule has 6 nitrogen and oxygen atoms in total. The van der Waals surface area contributed by atoms with Gasteiger partial charge in [0.1, 0.15) is 0 Å². The average molecular weight is 268 g/mol. The second-order valence-corrected chi connectivity index (χ2v) is 5.16. The molecular weight excluding hydrogens is 252 g/mol. The number of carbonyl (C=O) groups is 1. The van der Waals surface area contributed by atoms with Crippen LogP contribution < -0.4 is 5.32 Å². The van der Waals surface area contributed by atoms with Crippen LogP contribution >= 0.6 is 11.8 Å². The maximum atomic E-state index is 10.9. The fraction of sp³-hybridized carbons (Fsp3) is 0.545. The fourth-order valence-corrected chi connectivity index (χ4v) is 2.76. The van der Waals surface area contributed by atoms with Crippen LogP contribution in [-0.2, 0) is 0 Å². The Bertz CT molecular complexity index is 410. The lowest BCUT2D eigenvalue weighted by atomic mass is 10.4. The van der Waals surface area contributed by atoms with Crippen molar-refractivity contribution in [1.82, 2.24) is 14.9 Å². The number of aromatic nitrogens is 2. The normalized spacial score (nSPS) is 16.4. The third kappa shape index (κ3) is 3.58. The van der Waals surface area contributed by atoms with Gasteiger partial charge >= 0.3 is 5.97 Å². The van der Waals surface area contributed by atoms with Gasteiger partial charge in [0.25, 0.3) is 0 Å². The summed E-state index contributed by atoms with van der Waals surface area (Å²) in [5.41, 5.74) is -0.0216. The summed E-state index contributed by atoms with van der Waals surface area (Å²) in [6.45, 7) is 3.77. The minimum Gasteiger partial charge on any atom is -0.476 e. The van der Waals surface area contributed by atoms with E-state index in [1.54, 1.807) is 0 Å². The highest BCUT2D eigenvalue weighted by Crippen LogP contribution is 2.10. The summed E-state index contributed by atoms with van der Waals surface area (Å²) in [4.78, 5) is 21.1. The van der Waals surface area contributed by atoms with E-state index in [1.165, 1.54) is 23.9 Å². The van der Waals surface area contributed by atoms with Crippen LogP contribution in [0.2, 0.25) is 0 Å². The fourth-order valence-electron chi connectivity index (χ4n) is 1.78. The SMILES string of the molecule is O=C(O)c1nccnc1NCCN1CCSCC1. The molecule has 1 aromatic heterocycles. The van der Waals surface area contributed by atoms with Gasteiger partial charge in [0.15, 0.2) is 11.5 Å². The molecule has 0 aliphatic carbocycles. The predicted molar refractivity (Wildman–Crippen MR) is 71.2 cm³/mol. The summed E-state index contributed by atoms with van der Waals surface area (Å²) in [5, 5.41) is 12.0. The van der Waals surface area contributed by atoms with E-state index in [-0.39, 0.29) is 5.69 Å². The molecule has 0 atom stereocenters. The molecule has 2 heterocycles. The first-order chi connectivity index (χ1) is 8.77. The molecule has 0 radical (unpaired) electrons. The van der Waals surface area contributed by atoms with E-state index in [4.69, 9.17) is 5.11 Å². The van der Waals surface area contributed by atoms with E-state index in [0.717, 1.165) is 19.6 Å². The molecule has 1 saturated heterocycles. The van der Waals surface area contributed by atoms with Gasteiger partial charge in [0, 0.05) is 50.1 Å². The Kier molecular flexibility index (Phi) is 4.77. The molecule has 7 heteroatoms. The first-order valence-electron chi connectivity index (χ1n) is 5.85. The van der Waals surface area contributed by atoms with Gasteiger partial charge < -0.3 is 10.4 Å². The zero-order valence-electron chi connectivity index (χ0n) is 10.0. The van der Waals surface area contributed by atoms with E-state index < -0.39 is 5.97 Å². The predicted octanol–water partition coefficient (Wildman–Crippen LogP) is 0.635. The minimum atomic E-state index is -1.06. The van der Waals surface area contributed by atoms with Crippen molar-refractivity contribution in [3.8, 4) is 0 Å². The Morgan fingerprint density at radius 3 is 2.83 bits per heavy atom. The van der Waals surface area contributed by atoms with Crippen molar-refractivity contribution >= 4 is 23.5 Å². The van der Waals surface area contributed by atoms with Crippen LogP contribution in [0, 0.1) is 0 Å². The van der Waals surface area contributed by atoms with E-state index in [1.807, 2.05) is 11.8 Å². The first kappa shape index (κ1) is 13.1. The molecule has 0 saturated carbocycles. The van der Waals surface area contributed by atoms with Crippen molar-refractivity contribution in [1.29, 1.82) is 0 Å². The third-order valence-electron chi connectivity index (χ3n) is 2.72. The van der Waals surface area contributed by atoms with Crippen molar-refractivity contribution in [2.45, 2.75) is 0 Å². The average Bonchev–Trinajstić information content (AvgIpc) is 2.40. The van der Waals surface area contributed by atoms with E-state index in [0.29, 0.717) is 12.4 Å². The summed E-state index contributed by atoms with van der Waals surface area (Å²) in [7, 11) is 0. The van der Waals surface area contributed by atoms with Crippen LogP contribution in [0.25, 0.3) is 0 Å². The lowest BCUT2D eigenvalue weighted by Gasteiger charge is -2.26. The van der Waals surface area contributed by atoms with Crippen LogP contribution in [0.1, 0.15) is 10.5 Å². The molecule has 0 amide bonds. The molecule has 1 aromatic rings. The second kappa shape index (κ2) is 6.55. The van der Waals surface area contributed by atoms with E-state index >= 15 is 0 Å². The molecule has 1 aliphatic heterocycles. The molecule has 18 heavy (non-hydrogen) atoms. The van der Waals surface area contributed by atoms with Gasteiger partial charge in [0.05, 0.1) is 0 Å². The van der Waals surface area contributed by atoms with Crippen LogP contribution in [-0.4, -0.2) is 63.6 Å². The lowest BCUT2D eigenvalue weighted by molar-refractivity contribution is 0.0691. The summed E-state index contributed by atoms with van der Waals surface area (Å²) in [6, 6.07) is 0. The quantitative estimate of drug-likeness (QED) is 0.811. The molecule has 0 spiro atoms. The molecule has 2 N–H and O–H groups in total. The zero-order valence-corrected chi connectivity index (χ0v) is 10.8. The van der Waals surface area contributed by atoms with Gasteiger partial charge in [-0.2, -0.15) is 11.8 Å². The molecule has 0 aromatic carbocycles. The van der Waals surface area contributed by atoms with Gasteiger partial charge in [-0.15, -0.1) is 0 Å².